The average Bonchev–Trinajstić information content (AvgIpc) is 3.43. The third-order valence-corrected chi connectivity index (χ3v) is 5.73. The van der Waals surface area contributed by atoms with Gasteiger partial charge in [-0.25, -0.2) is 9.97 Å². The molecular formula is C21H18N8. The number of pyridine rings is 1. The lowest BCUT2D eigenvalue weighted by molar-refractivity contribution is 0.0882. The predicted octanol–water partition coefficient (Wildman–Crippen LogP) is 3.44. The molecule has 0 amide bonds. The molecule has 1 saturated carbocycles. The van der Waals surface area contributed by atoms with Gasteiger partial charge in [-0.3, -0.25) is 9.08 Å². The lowest BCUT2D eigenvalue weighted by Gasteiger charge is -2.43. The van der Waals surface area contributed by atoms with E-state index in [-0.39, 0.29) is 11.5 Å². The van der Waals surface area contributed by atoms with Gasteiger partial charge in [0.25, 0.3) is 0 Å². The quantitative estimate of drug-likeness (QED) is 0.581. The first-order chi connectivity index (χ1) is 14.1. The molecule has 0 aliphatic heterocycles. The smallest absolute Gasteiger partial charge is 0.137 e. The van der Waals surface area contributed by atoms with Gasteiger partial charge in [-0.2, -0.15) is 15.6 Å². The summed E-state index contributed by atoms with van der Waals surface area (Å²) in [7, 11) is 0. The normalized spacial score (nSPS) is 20.9. The number of nitrogens with zero attached hydrogens (tertiary/aromatic N) is 7. The van der Waals surface area contributed by atoms with Crippen LogP contribution in [0.15, 0.2) is 43.1 Å². The van der Waals surface area contributed by atoms with Crippen molar-refractivity contribution < 1.29 is 0 Å². The number of aryl methyl sites for hydroxylation is 1. The standard InChI is InChI=1S/C21H18N8/c1-14-25-12-18(27-14)16-6-19(28-5-4-24-20(28)7-16)17-11-26-29(13-17)21(2-3-22)8-15(9-21)10-23/h4-7,11-13,15H,2,8-9H2,1H3,(H,25,27)/t15-,21+. The van der Waals surface area contributed by atoms with Crippen LogP contribution in [-0.2, 0) is 5.54 Å². The van der Waals surface area contributed by atoms with Crippen molar-refractivity contribution in [2.24, 2.45) is 5.92 Å². The van der Waals surface area contributed by atoms with E-state index in [1.807, 2.05) is 46.9 Å². The Morgan fingerprint density at radius 3 is 2.79 bits per heavy atom. The third-order valence-electron chi connectivity index (χ3n) is 5.73. The molecule has 1 fully saturated rings. The third kappa shape index (κ3) is 2.69. The minimum Gasteiger partial charge on any atom is -0.342 e. The van der Waals surface area contributed by atoms with Crippen LogP contribution >= 0.6 is 0 Å². The van der Waals surface area contributed by atoms with Gasteiger partial charge in [-0.05, 0) is 31.9 Å². The second-order valence-corrected chi connectivity index (χ2v) is 7.63. The van der Waals surface area contributed by atoms with Gasteiger partial charge >= 0.3 is 0 Å². The summed E-state index contributed by atoms with van der Waals surface area (Å²) in [5, 5.41) is 23.0. The minimum atomic E-state index is -0.389. The number of aromatic nitrogens is 6. The number of hydrogen-bond acceptors (Lipinski definition) is 5. The van der Waals surface area contributed by atoms with Crippen molar-refractivity contribution in [3.8, 4) is 34.7 Å². The van der Waals surface area contributed by atoms with Crippen molar-refractivity contribution in [3.05, 3.63) is 48.9 Å². The molecule has 4 aromatic rings. The van der Waals surface area contributed by atoms with Crippen LogP contribution in [-0.4, -0.2) is 29.1 Å². The van der Waals surface area contributed by atoms with E-state index in [9.17, 15) is 10.5 Å². The van der Waals surface area contributed by atoms with Crippen LogP contribution in [0.2, 0.25) is 0 Å². The van der Waals surface area contributed by atoms with Crippen molar-refractivity contribution in [1.82, 2.24) is 29.1 Å². The van der Waals surface area contributed by atoms with Gasteiger partial charge in [-0.1, -0.05) is 0 Å². The largest absolute Gasteiger partial charge is 0.342 e. The SMILES string of the molecule is Cc1ncc(-c2cc(-c3cnn([C@]4(CC#N)C[C@H](C#N)C4)c3)n3ccnc3c2)[nH]1. The number of hydrogen-bond donors (Lipinski definition) is 1. The lowest BCUT2D eigenvalue weighted by Crippen LogP contribution is -2.46. The Labute approximate surface area is 167 Å². The molecule has 5 rings (SSSR count). The molecule has 29 heavy (non-hydrogen) atoms. The molecule has 0 bridgehead atoms. The Morgan fingerprint density at radius 1 is 1.21 bits per heavy atom. The zero-order valence-electron chi connectivity index (χ0n) is 15.9. The molecular weight excluding hydrogens is 364 g/mol. The summed E-state index contributed by atoms with van der Waals surface area (Å²) in [4.78, 5) is 12.0. The molecule has 4 aromatic heterocycles. The maximum atomic E-state index is 9.29. The average molecular weight is 382 g/mol. The lowest BCUT2D eigenvalue weighted by atomic mass is 9.67. The van der Waals surface area contributed by atoms with E-state index in [0.717, 1.165) is 34.0 Å². The van der Waals surface area contributed by atoms with Crippen LogP contribution in [0.4, 0.5) is 0 Å². The fourth-order valence-electron chi connectivity index (χ4n) is 4.19. The monoisotopic (exact) mass is 382 g/mol. The Morgan fingerprint density at radius 2 is 2.07 bits per heavy atom. The number of imidazole rings is 2. The van der Waals surface area contributed by atoms with Crippen LogP contribution in [0.25, 0.3) is 28.2 Å². The molecule has 8 nitrogen and oxygen atoms in total. The molecule has 0 radical (unpaired) electrons. The molecule has 0 atom stereocenters. The highest BCUT2D eigenvalue weighted by Gasteiger charge is 2.46. The number of fused-ring (bicyclic) bond motifs is 1. The molecule has 0 spiro atoms. The molecule has 0 aromatic carbocycles. The topological polar surface area (TPSA) is 111 Å². The molecule has 8 heteroatoms. The predicted molar refractivity (Wildman–Crippen MR) is 105 cm³/mol. The second kappa shape index (κ2) is 6.32. The number of H-pyrrole nitrogens is 1. The van der Waals surface area contributed by atoms with Crippen LogP contribution in [0, 0.1) is 35.5 Å². The van der Waals surface area contributed by atoms with E-state index in [4.69, 9.17) is 0 Å². The minimum absolute atomic E-state index is 0.0108. The van der Waals surface area contributed by atoms with E-state index < -0.39 is 0 Å². The van der Waals surface area contributed by atoms with Gasteiger partial charge in [-0.15, -0.1) is 0 Å². The van der Waals surface area contributed by atoms with Crippen LogP contribution in [0.1, 0.15) is 25.1 Å². The molecule has 142 valence electrons. The summed E-state index contributed by atoms with van der Waals surface area (Å²) in [5.74, 6) is 0.844. The van der Waals surface area contributed by atoms with E-state index >= 15 is 0 Å². The fourth-order valence-corrected chi connectivity index (χ4v) is 4.19. The second-order valence-electron chi connectivity index (χ2n) is 7.63. The van der Waals surface area contributed by atoms with E-state index in [1.165, 1.54) is 0 Å². The molecule has 1 N–H and O–H groups in total. The molecule has 0 unspecified atom stereocenters. The summed E-state index contributed by atoms with van der Waals surface area (Å²) >= 11 is 0. The van der Waals surface area contributed by atoms with Gasteiger partial charge in [0.05, 0.1) is 53.8 Å². The summed E-state index contributed by atoms with van der Waals surface area (Å²) < 4.78 is 3.89. The van der Waals surface area contributed by atoms with Crippen LogP contribution < -0.4 is 0 Å². The summed E-state index contributed by atoms with van der Waals surface area (Å²) in [5.41, 5.74) is 4.25. The Hall–Kier alpha value is -3.91. The van der Waals surface area contributed by atoms with Crippen molar-refractivity contribution >= 4 is 5.65 Å². The van der Waals surface area contributed by atoms with E-state index in [2.05, 4.69) is 38.3 Å². The number of nitrogens with one attached hydrogen (secondary N) is 1. The van der Waals surface area contributed by atoms with E-state index in [1.54, 1.807) is 6.20 Å². The first kappa shape index (κ1) is 17.2. The highest BCUT2D eigenvalue weighted by Crippen LogP contribution is 2.46. The van der Waals surface area contributed by atoms with Gasteiger partial charge < -0.3 is 4.98 Å². The van der Waals surface area contributed by atoms with Crippen LogP contribution in [0.5, 0.6) is 0 Å². The van der Waals surface area contributed by atoms with Crippen molar-refractivity contribution in [2.75, 3.05) is 0 Å². The van der Waals surface area contributed by atoms with Crippen LogP contribution in [0.3, 0.4) is 0 Å². The fraction of sp³-hybridized carbons (Fsp3) is 0.286. The Kier molecular flexibility index (Phi) is 3.75. The first-order valence-corrected chi connectivity index (χ1v) is 9.43. The molecule has 0 saturated heterocycles. The maximum absolute atomic E-state index is 9.29. The number of nitriles is 2. The highest BCUT2D eigenvalue weighted by atomic mass is 15.3. The summed E-state index contributed by atoms with van der Waals surface area (Å²) in [6.07, 6.45) is 11.0. The number of rotatable bonds is 4. The van der Waals surface area contributed by atoms with Crippen molar-refractivity contribution in [3.63, 3.8) is 0 Å². The van der Waals surface area contributed by atoms with Gasteiger partial charge in [0.1, 0.15) is 11.5 Å². The van der Waals surface area contributed by atoms with Gasteiger partial charge in [0, 0.05) is 29.7 Å². The molecule has 1 aliphatic rings. The zero-order chi connectivity index (χ0) is 20.0. The summed E-state index contributed by atoms with van der Waals surface area (Å²) in [6, 6.07) is 8.66. The molecule has 4 heterocycles. The van der Waals surface area contributed by atoms with Crippen molar-refractivity contribution in [1.29, 1.82) is 10.5 Å². The zero-order valence-corrected chi connectivity index (χ0v) is 15.9. The van der Waals surface area contributed by atoms with E-state index in [0.29, 0.717) is 19.3 Å². The Balaban J connectivity index is 1.59. The highest BCUT2D eigenvalue weighted by molar-refractivity contribution is 5.73. The van der Waals surface area contributed by atoms with Crippen molar-refractivity contribution in [2.45, 2.75) is 31.7 Å². The Bertz CT molecular complexity index is 1290. The first-order valence-electron chi connectivity index (χ1n) is 9.43. The van der Waals surface area contributed by atoms with Gasteiger partial charge in [0.2, 0.25) is 0 Å². The maximum Gasteiger partial charge on any atom is 0.137 e. The summed E-state index contributed by atoms with van der Waals surface area (Å²) in [6.45, 7) is 1.92. The number of aromatic amines is 1. The molecule has 1 aliphatic carbocycles. The van der Waals surface area contributed by atoms with Gasteiger partial charge in [0.15, 0.2) is 0 Å².